The van der Waals surface area contributed by atoms with Crippen LogP contribution in [-0.4, -0.2) is 55.9 Å². The lowest BCUT2D eigenvalue weighted by Gasteiger charge is -2.20. The average molecular weight is 270 g/mol. The number of carbonyl (C=O) groups is 1. The Bertz CT molecular complexity index is 384. The molecule has 0 saturated carbocycles. The molecule has 0 aliphatic heterocycles. The number of aliphatic hydroxyl groups is 1. The standard InChI is InChI=1S/C13H19FN2O3/c1-19-9-7-16(6-8-17)10-13(18)15-12-4-2-11(14)3-5-12/h2-5,17H,6-10H2,1H3,(H,15,18). The number of amides is 1. The molecule has 1 aromatic rings. The Labute approximate surface area is 112 Å². The third kappa shape index (κ3) is 6.28. The van der Waals surface area contributed by atoms with Crippen LogP contribution in [-0.2, 0) is 9.53 Å². The summed E-state index contributed by atoms with van der Waals surface area (Å²) in [6, 6.07) is 5.57. The molecule has 0 aliphatic carbocycles. The van der Waals surface area contributed by atoms with Gasteiger partial charge in [-0.2, -0.15) is 0 Å². The summed E-state index contributed by atoms with van der Waals surface area (Å²) >= 11 is 0. The zero-order valence-electron chi connectivity index (χ0n) is 10.9. The van der Waals surface area contributed by atoms with Crippen LogP contribution < -0.4 is 5.32 Å². The Morgan fingerprint density at radius 3 is 2.63 bits per heavy atom. The van der Waals surface area contributed by atoms with Crippen LogP contribution in [0.1, 0.15) is 0 Å². The van der Waals surface area contributed by atoms with Gasteiger partial charge in [0, 0.05) is 25.9 Å². The number of nitrogens with one attached hydrogen (secondary N) is 1. The maximum atomic E-state index is 12.7. The molecule has 0 spiro atoms. The summed E-state index contributed by atoms with van der Waals surface area (Å²) in [4.78, 5) is 13.6. The molecule has 0 bridgehead atoms. The first-order chi connectivity index (χ1) is 9.15. The van der Waals surface area contributed by atoms with Crippen LogP contribution in [0.4, 0.5) is 10.1 Å². The summed E-state index contributed by atoms with van der Waals surface area (Å²) in [6.07, 6.45) is 0. The van der Waals surface area contributed by atoms with Gasteiger partial charge in [-0.15, -0.1) is 0 Å². The maximum absolute atomic E-state index is 12.7. The van der Waals surface area contributed by atoms with Crippen molar-refractivity contribution < 1.29 is 19.0 Å². The van der Waals surface area contributed by atoms with Crippen LogP contribution in [0.5, 0.6) is 0 Å². The third-order valence-electron chi connectivity index (χ3n) is 2.52. The van der Waals surface area contributed by atoms with Crippen molar-refractivity contribution in [3.8, 4) is 0 Å². The van der Waals surface area contributed by atoms with Crippen LogP contribution in [0.3, 0.4) is 0 Å². The van der Waals surface area contributed by atoms with Crippen molar-refractivity contribution in [1.82, 2.24) is 4.90 Å². The Morgan fingerprint density at radius 2 is 2.05 bits per heavy atom. The summed E-state index contributed by atoms with van der Waals surface area (Å²) in [5.74, 6) is -0.559. The van der Waals surface area contributed by atoms with E-state index in [0.29, 0.717) is 25.4 Å². The lowest BCUT2D eigenvalue weighted by molar-refractivity contribution is -0.117. The summed E-state index contributed by atoms with van der Waals surface area (Å²) < 4.78 is 17.6. The van der Waals surface area contributed by atoms with E-state index in [1.54, 1.807) is 12.0 Å². The quantitative estimate of drug-likeness (QED) is 0.730. The minimum atomic E-state index is -0.347. The van der Waals surface area contributed by atoms with E-state index < -0.39 is 0 Å². The van der Waals surface area contributed by atoms with Crippen LogP contribution in [0.15, 0.2) is 24.3 Å². The Hall–Kier alpha value is -1.50. The fraction of sp³-hybridized carbons (Fsp3) is 0.462. The van der Waals surface area contributed by atoms with E-state index in [-0.39, 0.29) is 24.9 Å². The molecule has 0 unspecified atom stereocenters. The molecule has 0 heterocycles. The van der Waals surface area contributed by atoms with E-state index in [1.807, 2.05) is 0 Å². The summed E-state index contributed by atoms with van der Waals surface area (Å²) in [6.45, 7) is 1.59. The molecule has 0 radical (unpaired) electrons. The number of nitrogens with zero attached hydrogens (tertiary/aromatic N) is 1. The highest BCUT2D eigenvalue weighted by atomic mass is 19.1. The van der Waals surface area contributed by atoms with Gasteiger partial charge in [-0.1, -0.05) is 0 Å². The first-order valence-corrected chi connectivity index (χ1v) is 6.03. The Kier molecular flexibility index (Phi) is 7.02. The second-order valence-electron chi connectivity index (χ2n) is 4.05. The maximum Gasteiger partial charge on any atom is 0.238 e. The molecule has 1 rings (SSSR count). The number of aliphatic hydroxyl groups excluding tert-OH is 1. The first-order valence-electron chi connectivity index (χ1n) is 6.03. The van der Waals surface area contributed by atoms with E-state index >= 15 is 0 Å². The summed E-state index contributed by atoms with van der Waals surface area (Å²) in [5, 5.41) is 11.6. The SMILES string of the molecule is COCCN(CCO)CC(=O)Nc1ccc(F)cc1. The molecule has 19 heavy (non-hydrogen) atoms. The summed E-state index contributed by atoms with van der Waals surface area (Å²) in [5.41, 5.74) is 0.544. The van der Waals surface area contributed by atoms with Gasteiger partial charge in [-0.3, -0.25) is 9.69 Å². The number of hydrogen-bond acceptors (Lipinski definition) is 4. The highest BCUT2D eigenvalue weighted by Gasteiger charge is 2.10. The van der Waals surface area contributed by atoms with Gasteiger partial charge in [-0.05, 0) is 24.3 Å². The van der Waals surface area contributed by atoms with Crippen molar-refractivity contribution in [1.29, 1.82) is 0 Å². The first kappa shape index (κ1) is 15.6. The molecule has 1 aromatic carbocycles. The molecule has 2 N–H and O–H groups in total. The van der Waals surface area contributed by atoms with E-state index in [0.717, 1.165) is 0 Å². The highest BCUT2D eigenvalue weighted by Crippen LogP contribution is 2.08. The molecular formula is C13H19FN2O3. The predicted octanol–water partition coefficient (Wildman–Crippen LogP) is 0.705. The van der Waals surface area contributed by atoms with Crippen LogP contribution >= 0.6 is 0 Å². The van der Waals surface area contributed by atoms with Gasteiger partial charge in [0.25, 0.3) is 0 Å². The molecule has 1 amide bonds. The number of hydrogen-bond donors (Lipinski definition) is 2. The van der Waals surface area contributed by atoms with Crippen molar-refractivity contribution in [2.45, 2.75) is 0 Å². The van der Waals surface area contributed by atoms with Gasteiger partial charge in [0.2, 0.25) is 5.91 Å². The van der Waals surface area contributed by atoms with Crippen LogP contribution in [0, 0.1) is 5.82 Å². The predicted molar refractivity (Wildman–Crippen MR) is 70.4 cm³/mol. The number of rotatable bonds is 8. The number of halogens is 1. The molecule has 6 heteroatoms. The molecule has 0 atom stereocenters. The molecule has 0 aliphatic rings. The number of methoxy groups -OCH3 is 1. The molecular weight excluding hydrogens is 251 g/mol. The van der Waals surface area contributed by atoms with Gasteiger partial charge < -0.3 is 15.2 Å². The molecule has 0 aromatic heterocycles. The van der Waals surface area contributed by atoms with Gasteiger partial charge in [0.1, 0.15) is 5.82 Å². The van der Waals surface area contributed by atoms with Crippen molar-refractivity contribution in [2.75, 3.05) is 45.3 Å². The van der Waals surface area contributed by atoms with Crippen LogP contribution in [0.25, 0.3) is 0 Å². The van der Waals surface area contributed by atoms with Gasteiger partial charge >= 0.3 is 0 Å². The van der Waals surface area contributed by atoms with E-state index in [9.17, 15) is 9.18 Å². The minimum absolute atomic E-state index is 0.0203. The van der Waals surface area contributed by atoms with Gasteiger partial charge in [0.05, 0.1) is 19.8 Å². The topological polar surface area (TPSA) is 61.8 Å². The normalized spacial score (nSPS) is 10.7. The minimum Gasteiger partial charge on any atom is -0.395 e. The zero-order valence-corrected chi connectivity index (χ0v) is 10.9. The lowest BCUT2D eigenvalue weighted by Crippen LogP contribution is -2.37. The smallest absolute Gasteiger partial charge is 0.238 e. The largest absolute Gasteiger partial charge is 0.395 e. The van der Waals surface area contributed by atoms with Crippen molar-refractivity contribution in [3.05, 3.63) is 30.1 Å². The van der Waals surface area contributed by atoms with E-state index in [4.69, 9.17) is 9.84 Å². The summed E-state index contributed by atoms with van der Waals surface area (Å²) in [7, 11) is 1.58. The molecule has 106 valence electrons. The number of benzene rings is 1. The number of ether oxygens (including phenoxy) is 1. The Morgan fingerprint density at radius 1 is 1.37 bits per heavy atom. The second-order valence-corrected chi connectivity index (χ2v) is 4.05. The van der Waals surface area contributed by atoms with Crippen molar-refractivity contribution in [3.63, 3.8) is 0 Å². The van der Waals surface area contributed by atoms with Crippen molar-refractivity contribution in [2.24, 2.45) is 0 Å². The second kappa shape index (κ2) is 8.58. The van der Waals surface area contributed by atoms with Gasteiger partial charge in [0.15, 0.2) is 0 Å². The monoisotopic (exact) mass is 270 g/mol. The Balaban J connectivity index is 2.45. The number of anilines is 1. The molecule has 0 saturated heterocycles. The molecule has 0 fully saturated rings. The van der Waals surface area contributed by atoms with Gasteiger partial charge in [-0.25, -0.2) is 4.39 Å². The van der Waals surface area contributed by atoms with E-state index in [2.05, 4.69) is 5.32 Å². The van der Waals surface area contributed by atoms with Crippen LogP contribution in [0.2, 0.25) is 0 Å². The van der Waals surface area contributed by atoms with Crippen molar-refractivity contribution >= 4 is 11.6 Å². The fourth-order valence-electron chi connectivity index (χ4n) is 1.57. The average Bonchev–Trinajstić information content (AvgIpc) is 2.39. The highest BCUT2D eigenvalue weighted by molar-refractivity contribution is 5.92. The van der Waals surface area contributed by atoms with E-state index in [1.165, 1.54) is 24.3 Å². The zero-order chi connectivity index (χ0) is 14.1. The lowest BCUT2D eigenvalue weighted by atomic mass is 10.3. The fourth-order valence-corrected chi connectivity index (χ4v) is 1.57. The number of carbonyl (C=O) groups excluding carboxylic acids is 1. The molecule has 5 nitrogen and oxygen atoms in total. The third-order valence-corrected chi connectivity index (χ3v) is 2.52.